The molecule has 88 valence electrons. The van der Waals surface area contributed by atoms with Crippen molar-refractivity contribution in [3.05, 3.63) is 36.2 Å². The zero-order valence-corrected chi connectivity index (χ0v) is 10.1. The maximum absolute atomic E-state index is 11.8. The number of hydrogen-bond donors (Lipinski definition) is 0. The number of esters is 1. The van der Waals surface area contributed by atoms with Gasteiger partial charge in [0.15, 0.2) is 5.65 Å². The van der Waals surface area contributed by atoms with Crippen LogP contribution in [0.25, 0.3) is 11.0 Å². The monoisotopic (exact) mass is 230 g/mol. The summed E-state index contributed by atoms with van der Waals surface area (Å²) in [6, 6.07) is 5.41. The minimum atomic E-state index is -0.499. The van der Waals surface area contributed by atoms with Crippen LogP contribution in [0.3, 0.4) is 0 Å². The summed E-state index contributed by atoms with van der Waals surface area (Å²) in [4.78, 5) is 20.0. The van der Waals surface area contributed by atoms with Crippen LogP contribution < -0.4 is 0 Å². The van der Waals surface area contributed by atoms with E-state index in [4.69, 9.17) is 4.74 Å². The van der Waals surface area contributed by atoms with Gasteiger partial charge in [0.2, 0.25) is 0 Å². The number of nitrogens with zero attached hydrogens (tertiary/aromatic N) is 2. The van der Waals surface area contributed by atoms with Crippen LogP contribution in [-0.2, 0) is 4.74 Å². The second-order valence-electron chi connectivity index (χ2n) is 4.78. The van der Waals surface area contributed by atoms with Gasteiger partial charge in [-0.1, -0.05) is 0 Å². The Labute approximate surface area is 99.7 Å². The van der Waals surface area contributed by atoms with Gasteiger partial charge in [-0.3, -0.25) is 0 Å². The van der Waals surface area contributed by atoms with Gasteiger partial charge < -0.3 is 4.74 Å². The third-order valence-corrected chi connectivity index (χ3v) is 2.09. The standard InChI is InChI=1S/C13H14N2O2/c1-13(2,3)17-12(16)10-7-9-5-4-6-14-11(9)15-8-10/h4-8H,1-3H3. The number of hydrogen-bond acceptors (Lipinski definition) is 4. The van der Waals surface area contributed by atoms with Gasteiger partial charge in [-0.15, -0.1) is 0 Å². The Hall–Kier alpha value is -1.97. The molecule has 17 heavy (non-hydrogen) atoms. The number of fused-ring (bicyclic) bond motifs is 1. The summed E-state index contributed by atoms with van der Waals surface area (Å²) >= 11 is 0. The highest BCUT2D eigenvalue weighted by molar-refractivity contribution is 5.93. The third kappa shape index (κ3) is 2.78. The lowest BCUT2D eigenvalue weighted by molar-refractivity contribution is 0.00693. The van der Waals surface area contributed by atoms with Crippen LogP contribution in [0.1, 0.15) is 31.1 Å². The number of aromatic nitrogens is 2. The van der Waals surface area contributed by atoms with E-state index in [9.17, 15) is 4.79 Å². The second kappa shape index (κ2) is 4.13. The Morgan fingerprint density at radius 3 is 2.76 bits per heavy atom. The molecule has 0 aliphatic heterocycles. The zero-order chi connectivity index (χ0) is 12.5. The van der Waals surface area contributed by atoms with Crippen LogP contribution in [0.15, 0.2) is 30.6 Å². The van der Waals surface area contributed by atoms with Crippen molar-refractivity contribution in [2.45, 2.75) is 26.4 Å². The van der Waals surface area contributed by atoms with Crippen LogP contribution >= 0.6 is 0 Å². The van der Waals surface area contributed by atoms with E-state index in [1.54, 1.807) is 12.3 Å². The largest absolute Gasteiger partial charge is 0.456 e. The Bertz CT molecular complexity index is 559. The first-order valence-electron chi connectivity index (χ1n) is 5.40. The smallest absolute Gasteiger partial charge is 0.340 e. The molecule has 0 radical (unpaired) electrons. The molecule has 2 rings (SSSR count). The molecule has 0 amide bonds. The van der Waals surface area contributed by atoms with Crippen molar-refractivity contribution in [2.24, 2.45) is 0 Å². The summed E-state index contributed by atoms with van der Waals surface area (Å²) in [5.74, 6) is -0.365. The summed E-state index contributed by atoms with van der Waals surface area (Å²) in [5.41, 5.74) is 0.571. The van der Waals surface area contributed by atoms with Gasteiger partial charge in [0.1, 0.15) is 5.60 Å². The molecule has 0 N–H and O–H groups in total. The van der Waals surface area contributed by atoms with Gasteiger partial charge in [-0.05, 0) is 39.0 Å². The molecule has 4 nitrogen and oxygen atoms in total. The van der Waals surface area contributed by atoms with E-state index in [1.807, 2.05) is 32.9 Å². The normalized spacial score (nSPS) is 11.5. The number of carbonyl (C=O) groups is 1. The molecular formula is C13H14N2O2. The maximum atomic E-state index is 11.8. The van der Waals surface area contributed by atoms with E-state index in [-0.39, 0.29) is 5.97 Å². The Morgan fingerprint density at radius 2 is 2.06 bits per heavy atom. The molecule has 0 aromatic carbocycles. The fourth-order valence-corrected chi connectivity index (χ4v) is 1.41. The molecule has 0 spiro atoms. The van der Waals surface area contributed by atoms with Crippen LogP contribution in [-0.4, -0.2) is 21.5 Å². The van der Waals surface area contributed by atoms with E-state index >= 15 is 0 Å². The lowest BCUT2D eigenvalue weighted by Gasteiger charge is -2.19. The molecule has 4 heteroatoms. The topological polar surface area (TPSA) is 52.1 Å². The number of ether oxygens (including phenoxy) is 1. The average molecular weight is 230 g/mol. The molecule has 0 bridgehead atoms. The van der Waals surface area contributed by atoms with Crippen LogP contribution in [0.2, 0.25) is 0 Å². The highest BCUT2D eigenvalue weighted by atomic mass is 16.6. The number of carbonyl (C=O) groups excluding carboxylic acids is 1. The van der Waals surface area contributed by atoms with Crippen molar-refractivity contribution in [3.63, 3.8) is 0 Å². The molecule has 0 fully saturated rings. The number of pyridine rings is 2. The summed E-state index contributed by atoms with van der Waals surface area (Å²) in [6.07, 6.45) is 3.16. The average Bonchev–Trinajstić information content (AvgIpc) is 2.26. The van der Waals surface area contributed by atoms with E-state index in [2.05, 4.69) is 9.97 Å². The van der Waals surface area contributed by atoms with Crippen molar-refractivity contribution in [1.82, 2.24) is 9.97 Å². The highest BCUT2D eigenvalue weighted by Gasteiger charge is 2.18. The minimum absolute atomic E-state index is 0.365. The molecule has 2 aromatic rings. The van der Waals surface area contributed by atoms with E-state index in [0.717, 1.165) is 5.39 Å². The molecule has 0 unspecified atom stereocenters. The molecule has 2 heterocycles. The molecule has 2 aromatic heterocycles. The van der Waals surface area contributed by atoms with Gasteiger partial charge >= 0.3 is 5.97 Å². The first-order chi connectivity index (χ1) is 7.96. The van der Waals surface area contributed by atoms with Crippen molar-refractivity contribution in [2.75, 3.05) is 0 Å². The van der Waals surface area contributed by atoms with Gasteiger partial charge in [0.25, 0.3) is 0 Å². The third-order valence-electron chi connectivity index (χ3n) is 2.09. The Morgan fingerprint density at radius 1 is 1.29 bits per heavy atom. The Balaban J connectivity index is 2.33. The van der Waals surface area contributed by atoms with Gasteiger partial charge in [-0.25, -0.2) is 14.8 Å². The molecule has 0 saturated carbocycles. The molecule has 0 atom stereocenters. The molecule has 0 aliphatic carbocycles. The lowest BCUT2D eigenvalue weighted by atomic mass is 10.1. The lowest BCUT2D eigenvalue weighted by Crippen LogP contribution is -2.23. The van der Waals surface area contributed by atoms with Crippen molar-refractivity contribution < 1.29 is 9.53 Å². The maximum Gasteiger partial charge on any atom is 0.340 e. The summed E-state index contributed by atoms with van der Waals surface area (Å²) in [7, 11) is 0. The number of rotatable bonds is 1. The van der Waals surface area contributed by atoms with Crippen molar-refractivity contribution in [3.8, 4) is 0 Å². The van der Waals surface area contributed by atoms with E-state index in [0.29, 0.717) is 11.2 Å². The quantitative estimate of drug-likeness (QED) is 0.706. The van der Waals surface area contributed by atoms with Gasteiger partial charge in [0, 0.05) is 17.8 Å². The van der Waals surface area contributed by atoms with E-state index < -0.39 is 5.60 Å². The minimum Gasteiger partial charge on any atom is -0.456 e. The summed E-state index contributed by atoms with van der Waals surface area (Å²) in [6.45, 7) is 5.50. The van der Waals surface area contributed by atoms with Gasteiger partial charge in [-0.2, -0.15) is 0 Å². The molecular weight excluding hydrogens is 216 g/mol. The zero-order valence-electron chi connectivity index (χ0n) is 10.1. The predicted molar refractivity (Wildman–Crippen MR) is 64.7 cm³/mol. The first kappa shape index (κ1) is 11.5. The fraction of sp³-hybridized carbons (Fsp3) is 0.308. The SMILES string of the molecule is CC(C)(C)OC(=O)c1cnc2ncccc2c1. The van der Waals surface area contributed by atoms with Crippen LogP contribution in [0.4, 0.5) is 0 Å². The van der Waals surface area contributed by atoms with Crippen LogP contribution in [0, 0.1) is 0 Å². The van der Waals surface area contributed by atoms with Crippen LogP contribution in [0.5, 0.6) is 0 Å². The van der Waals surface area contributed by atoms with Crippen molar-refractivity contribution in [1.29, 1.82) is 0 Å². The Kier molecular flexibility index (Phi) is 2.79. The summed E-state index contributed by atoms with van der Waals surface area (Å²) < 4.78 is 5.27. The first-order valence-corrected chi connectivity index (χ1v) is 5.40. The van der Waals surface area contributed by atoms with Gasteiger partial charge in [0.05, 0.1) is 5.56 Å². The highest BCUT2D eigenvalue weighted by Crippen LogP contribution is 2.15. The van der Waals surface area contributed by atoms with Crippen molar-refractivity contribution >= 4 is 17.0 Å². The fourth-order valence-electron chi connectivity index (χ4n) is 1.41. The molecule has 0 aliphatic rings. The molecule has 0 saturated heterocycles. The second-order valence-corrected chi connectivity index (χ2v) is 4.78. The predicted octanol–water partition coefficient (Wildman–Crippen LogP) is 2.59. The summed E-state index contributed by atoms with van der Waals surface area (Å²) in [5, 5.41) is 0.829. The van der Waals surface area contributed by atoms with E-state index in [1.165, 1.54) is 6.20 Å².